The standard InChI is InChI=1S/C11H8F2N2/c12-8-3-7(4-9(13)5-8)10-1-2-15-6-11(10)14/h1-6H,14H2. The summed E-state index contributed by atoms with van der Waals surface area (Å²) in [5.74, 6) is -1.25. The normalized spacial score (nSPS) is 10.3. The number of rotatable bonds is 1. The van der Waals surface area contributed by atoms with Gasteiger partial charge in [0.05, 0.1) is 11.9 Å². The lowest BCUT2D eigenvalue weighted by Gasteiger charge is -2.05. The number of benzene rings is 1. The van der Waals surface area contributed by atoms with Gasteiger partial charge in [-0.2, -0.15) is 0 Å². The molecule has 2 N–H and O–H groups in total. The van der Waals surface area contributed by atoms with Gasteiger partial charge in [0.1, 0.15) is 11.6 Å². The molecular formula is C11H8F2N2. The SMILES string of the molecule is Nc1cnccc1-c1cc(F)cc(F)c1. The van der Waals surface area contributed by atoms with Gasteiger partial charge in [-0.3, -0.25) is 4.98 Å². The zero-order chi connectivity index (χ0) is 10.8. The van der Waals surface area contributed by atoms with Gasteiger partial charge in [-0.25, -0.2) is 8.78 Å². The van der Waals surface area contributed by atoms with Crippen LogP contribution in [0.5, 0.6) is 0 Å². The monoisotopic (exact) mass is 206 g/mol. The van der Waals surface area contributed by atoms with Crippen LogP contribution in [0, 0.1) is 11.6 Å². The summed E-state index contributed by atoms with van der Waals surface area (Å²) in [6, 6.07) is 4.90. The number of pyridine rings is 1. The molecule has 0 aliphatic rings. The highest BCUT2D eigenvalue weighted by Gasteiger charge is 2.05. The third-order valence-corrected chi connectivity index (χ3v) is 2.03. The first-order valence-corrected chi connectivity index (χ1v) is 4.33. The van der Waals surface area contributed by atoms with Crippen molar-refractivity contribution in [1.29, 1.82) is 0 Å². The second kappa shape index (κ2) is 3.65. The van der Waals surface area contributed by atoms with E-state index < -0.39 is 11.6 Å². The van der Waals surface area contributed by atoms with Gasteiger partial charge in [0.2, 0.25) is 0 Å². The Morgan fingerprint density at radius 3 is 2.33 bits per heavy atom. The van der Waals surface area contributed by atoms with Crippen LogP contribution in [0.3, 0.4) is 0 Å². The number of nitrogen functional groups attached to an aromatic ring is 1. The van der Waals surface area contributed by atoms with E-state index in [2.05, 4.69) is 4.98 Å². The minimum atomic E-state index is -0.624. The number of anilines is 1. The van der Waals surface area contributed by atoms with E-state index >= 15 is 0 Å². The van der Waals surface area contributed by atoms with Crippen LogP contribution in [0.2, 0.25) is 0 Å². The maximum atomic E-state index is 12.9. The first-order chi connectivity index (χ1) is 7.16. The lowest BCUT2D eigenvalue weighted by atomic mass is 10.1. The maximum Gasteiger partial charge on any atom is 0.126 e. The fourth-order valence-corrected chi connectivity index (χ4v) is 1.38. The molecular weight excluding hydrogens is 198 g/mol. The molecule has 15 heavy (non-hydrogen) atoms. The molecule has 0 fully saturated rings. The summed E-state index contributed by atoms with van der Waals surface area (Å²) in [6.07, 6.45) is 2.96. The summed E-state index contributed by atoms with van der Waals surface area (Å²) >= 11 is 0. The Balaban J connectivity index is 2.59. The van der Waals surface area contributed by atoms with Crippen molar-refractivity contribution in [2.45, 2.75) is 0 Å². The molecule has 0 saturated heterocycles. The third kappa shape index (κ3) is 1.93. The average molecular weight is 206 g/mol. The Bertz CT molecular complexity index is 477. The van der Waals surface area contributed by atoms with Crippen LogP contribution in [-0.2, 0) is 0 Å². The first kappa shape index (κ1) is 9.58. The number of nitrogens with two attached hydrogens (primary N) is 1. The van der Waals surface area contributed by atoms with Crippen molar-refractivity contribution in [2.24, 2.45) is 0 Å². The van der Waals surface area contributed by atoms with E-state index in [1.807, 2.05) is 0 Å². The minimum Gasteiger partial charge on any atom is -0.397 e. The highest BCUT2D eigenvalue weighted by molar-refractivity contribution is 5.75. The van der Waals surface area contributed by atoms with Gasteiger partial charge in [-0.1, -0.05) is 0 Å². The number of hydrogen-bond acceptors (Lipinski definition) is 2. The van der Waals surface area contributed by atoms with E-state index in [1.165, 1.54) is 24.5 Å². The van der Waals surface area contributed by atoms with Crippen LogP contribution >= 0.6 is 0 Å². The summed E-state index contributed by atoms with van der Waals surface area (Å²) in [5.41, 5.74) is 7.02. The van der Waals surface area contributed by atoms with Crippen LogP contribution in [0.4, 0.5) is 14.5 Å². The fourth-order valence-electron chi connectivity index (χ4n) is 1.38. The quantitative estimate of drug-likeness (QED) is 0.778. The van der Waals surface area contributed by atoms with E-state index in [1.54, 1.807) is 6.07 Å². The maximum absolute atomic E-state index is 12.9. The van der Waals surface area contributed by atoms with Gasteiger partial charge in [-0.05, 0) is 23.8 Å². The number of nitrogens with zero attached hydrogens (tertiary/aromatic N) is 1. The molecule has 1 aromatic carbocycles. The zero-order valence-corrected chi connectivity index (χ0v) is 7.74. The summed E-state index contributed by atoms with van der Waals surface area (Å²) < 4.78 is 25.9. The van der Waals surface area contributed by atoms with Crippen LogP contribution in [0.15, 0.2) is 36.7 Å². The van der Waals surface area contributed by atoms with E-state index in [9.17, 15) is 8.78 Å². The van der Waals surface area contributed by atoms with Gasteiger partial charge in [0.25, 0.3) is 0 Å². The predicted octanol–water partition coefficient (Wildman–Crippen LogP) is 2.61. The number of aromatic nitrogens is 1. The molecule has 0 aliphatic heterocycles. The molecule has 0 atom stereocenters. The first-order valence-electron chi connectivity index (χ1n) is 4.33. The molecule has 0 radical (unpaired) electrons. The molecule has 2 rings (SSSR count). The highest BCUT2D eigenvalue weighted by Crippen LogP contribution is 2.25. The second-order valence-corrected chi connectivity index (χ2v) is 3.12. The Morgan fingerprint density at radius 2 is 1.73 bits per heavy atom. The Kier molecular flexibility index (Phi) is 2.33. The van der Waals surface area contributed by atoms with Crippen molar-refractivity contribution in [3.63, 3.8) is 0 Å². The summed E-state index contributed by atoms with van der Waals surface area (Å²) in [6.45, 7) is 0. The van der Waals surface area contributed by atoms with E-state index in [0.717, 1.165) is 6.07 Å². The predicted molar refractivity (Wildman–Crippen MR) is 54.0 cm³/mol. The van der Waals surface area contributed by atoms with Crippen molar-refractivity contribution < 1.29 is 8.78 Å². The lowest BCUT2D eigenvalue weighted by molar-refractivity contribution is 0.584. The van der Waals surface area contributed by atoms with Gasteiger partial charge in [0, 0.05) is 17.8 Å². The van der Waals surface area contributed by atoms with Crippen LogP contribution in [0.1, 0.15) is 0 Å². The second-order valence-electron chi connectivity index (χ2n) is 3.12. The van der Waals surface area contributed by atoms with Gasteiger partial charge < -0.3 is 5.73 Å². The van der Waals surface area contributed by atoms with E-state index in [-0.39, 0.29) is 0 Å². The molecule has 1 heterocycles. The number of halogens is 2. The number of hydrogen-bond donors (Lipinski definition) is 1. The Labute approximate surface area is 85.4 Å². The molecule has 1 aromatic heterocycles. The van der Waals surface area contributed by atoms with Crippen molar-refractivity contribution in [3.05, 3.63) is 48.3 Å². The molecule has 0 aliphatic carbocycles. The molecule has 4 heteroatoms. The van der Waals surface area contributed by atoms with Crippen LogP contribution in [-0.4, -0.2) is 4.98 Å². The topological polar surface area (TPSA) is 38.9 Å². The minimum absolute atomic E-state index is 0.391. The fraction of sp³-hybridized carbons (Fsp3) is 0. The largest absolute Gasteiger partial charge is 0.397 e. The van der Waals surface area contributed by atoms with Crippen LogP contribution in [0.25, 0.3) is 11.1 Å². The lowest BCUT2D eigenvalue weighted by Crippen LogP contribution is -1.92. The Hall–Kier alpha value is -1.97. The van der Waals surface area contributed by atoms with Gasteiger partial charge >= 0.3 is 0 Å². The molecule has 0 spiro atoms. The summed E-state index contributed by atoms with van der Waals surface area (Å²) in [5, 5.41) is 0. The van der Waals surface area contributed by atoms with Crippen molar-refractivity contribution >= 4 is 5.69 Å². The van der Waals surface area contributed by atoms with Gasteiger partial charge in [-0.15, -0.1) is 0 Å². The molecule has 2 nitrogen and oxygen atoms in total. The zero-order valence-electron chi connectivity index (χ0n) is 7.74. The summed E-state index contributed by atoms with van der Waals surface area (Å²) in [7, 11) is 0. The van der Waals surface area contributed by atoms with Crippen LogP contribution < -0.4 is 5.73 Å². The average Bonchev–Trinajstić information content (AvgIpc) is 2.16. The van der Waals surface area contributed by atoms with Gasteiger partial charge in [0.15, 0.2) is 0 Å². The summed E-state index contributed by atoms with van der Waals surface area (Å²) in [4.78, 5) is 3.80. The van der Waals surface area contributed by atoms with Crippen molar-refractivity contribution in [2.75, 3.05) is 5.73 Å². The van der Waals surface area contributed by atoms with Crippen molar-refractivity contribution in [3.8, 4) is 11.1 Å². The molecule has 0 bridgehead atoms. The third-order valence-electron chi connectivity index (χ3n) is 2.03. The smallest absolute Gasteiger partial charge is 0.126 e. The molecule has 0 saturated carbocycles. The van der Waals surface area contributed by atoms with E-state index in [4.69, 9.17) is 5.73 Å². The Morgan fingerprint density at radius 1 is 1.07 bits per heavy atom. The molecule has 2 aromatic rings. The van der Waals surface area contributed by atoms with E-state index in [0.29, 0.717) is 16.8 Å². The molecule has 76 valence electrons. The highest BCUT2D eigenvalue weighted by atomic mass is 19.1. The molecule has 0 unspecified atom stereocenters. The van der Waals surface area contributed by atoms with Crippen molar-refractivity contribution in [1.82, 2.24) is 4.98 Å². The molecule has 0 amide bonds.